The summed E-state index contributed by atoms with van der Waals surface area (Å²) in [7, 11) is -3.97. The topological polar surface area (TPSA) is 104 Å². The average Bonchev–Trinajstić information content (AvgIpc) is 2.89. The molecule has 0 aliphatic heterocycles. The highest BCUT2D eigenvalue weighted by Crippen LogP contribution is 2.22. The van der Waals surface area contributed by atoms with E-state index in [-0.39, 0.29) is 30.5 Å². The van der Waals surface area contributed by atoms with Gasteiger partial charge in [0.1, 0.15) is 18.4 Å². The first-order valence-corrected chi connectivity index (χ1v) is 14.7. The number of anilines is 1. The monoisotopic (exact) mass is 567 g/mol. The maximum Gasteiger partial charge on any atom is 0.244 e. The van der Waals surface area contributed by atoms with Crippen molar-refractivity contribution in [2.75, 3.05) is 17.1 Å². The summed E-state index contributed by atoms with van der Waals surface area (Å²) < 4.78 is 40.3. The summed E-state index contributed by atoms with van der Waals surface area (Å²) in [6.07, 6.45) is 1.14. The molecule has 3 aromatic carbocycles. The molecule has 0 fully saturated rings. The van der Waals surface area contributed by atoms with Gasteiger partial charge in [-0.2, -0.15) is 0 Å². The van der Waals surface area contributed by atoms with Gasteiger partial charge in [-0.25, -0.2) is 12.8 Å². The Hall–Kier alpha value is -4.05. The van der Waals surface area contributed by atoms with Crippen LogP contribution in [0.15, 0.2) is 78.9 Å². The molecule has 1 atom stereocenters. The molecule has 2 amide bonds. The summed E-state index contributed by atoms with van der Waals surface area (Å²) in [4.78, 5) is 40.7. The van der Waals surface area contributed by atoms with Gasteiger partial charge in [0.25, 0.3) is 0 Å². The van der Waals surface area contributed by atoms with Crippen molar-refractivity contribution in [2.24, 2.45) is 0 Å². The van der Waals surface area contributed by atoms with Crippen molar-refractivity contribution in [3.8, 4) is 0 Å². The van der Waals surface area contributed by atoms with Crippen LogP contribution in [-0.4, -0.2) is 55.8 Å². The number of amides is 2. The molecule has 0 saturated carbocycles. The van der Waals surface area contributed by atoms with Gasteiger partial charge >= 0.3 is 0 Å². The largest absolute Gasteiger partial charge is 0.352 e. The van der Waals surface area contributed by atoms with Gasteiger partial charge in [0.15, 0.2) is 5.78 Å². The van der Waals surface area contributed by atoms with E-state index in [0.717, 1.165) is 16.1 Å². The minimum atomic E-state index is -3.97. The molecule has 0 radical (unpaired) electrons. The number of halogens is 1. The molecule has 0 unspecified atom stereocenters. The van der Waals surface area contributed by atoms with Crippen LogP contribution in [0.5, 0.6) is 0 Å². The Bertz CT molecular complexity index is 1440. The summed E-state index contributed by atoms with van der Waals surface area (Å²) in [5, 5.41) is 2.87. The summed E-state index contributed by atoms with van der Waals surface area (Å²) >= 11 is 0. The second kappa shape index (κ2) is 13.3. The molecule has 0 aliphatic rings. The van der Waals surface area contributed by atoms with Crippen LogP contribution in [0.3, 0.4) is 0 Å². The van der Waals surface area contributed by atoms with Crippen molar-refractivity contribution in [2.45, 2.75) is 45.8 Å². The Balaban J connectivity index is 2.07. The molecule has 1 N–H and O–H groups in total. The number of nitrogens with zero attached hydrogens (tertiary/aromatic N) is 2. The molecule has 3 rings (SSSR count). The molecule has 3 aromatic rings. The average molecular weight is 568 g/mol. The van der Waals surface area contributed by atoms with Crippen molar-refractivity contribution in [3.05, 3.63) is 101 Å². The summed E-state index contributed by atoms with van der Waals surface area (Å²) in [5.74, 6) is -1.75. The first-order valence-electron chi connectivity index (χ1n) is 12.8. The van der Waals surface area contributed by atoms with E-state index in [1.165, 1.54) is 48.2 Å². The SMILES string of the molecule is CC(=O)c1cccc(N(CC(=O)N(Cc2ccc(F)cc2)[C@H](Cc2ccccc2)C(=O)NC(C)C)S(C)(=O)=O)c1. The van der Waals surface area contributed by atoms with E-state index in [1.807, 2.05) is 30.3 Å². The smallest absolute Gasteiger partial charge is 0.244 e. The van der Waals surface area contributed by atoms with Gasteiger partial charge in [-0.3, -0.25) is 18.7 Å². The number of nitrogens with one attached hydrogen (secondary N) is 1. The van der Waals surface area contributed by atoms with E-state index in [0.29, 0.717) is 11.1 Å². The number of hydrogen-bond acceptors (Lipinski definition) is 5. The van der Waals surface area contributed by atoms with Crippen molar-refractivity contribution in [1.82, 2.24) is 10.2 Å². The third-order valence-electron chi connectivity index (χ3n) is 6.19. The predicted octanol–water partition coefficient (Wildman–Crippen LogP) is 3.96. The molecule has 0 aromatic heterocycles. The number of ketones is 1. The lowest BCUT2D eigenvalue weighted by Gasteiger charge is -2.34. The second-order valence-corrected chi connectivity index (χ2v) is 11.8. The molecule has 212 valence electrons. The van der Waals surface area contributed by atoms with Crippen LogP contribution < -0.4 is 9.62 Å². The van der Waals surface area contributed by atoms with E-state index >= 15 is 0 Å². The normalized spacial score (nSPS) is 12.1. The summed E-state index contributed by atoms with van der Waals surface area (Å²) in [5.41, 5.74) is 1.81. The molecule has 0 heterocycles. The molecule has 0 spiro atoms. The van der Waals surface area contributed by atoms with Crippen molar-refractivity contribution in [3.63, 3.8) is 0 Å². The zero-order valence-electron chi connectivity index (χ0n) is 23.0. The fraction of sp³-hybridized carbons (Fsp3) is 0.300. The standard InChI is InChI=1S/C30H34FN3O5S/c1-21(2)32-30(37)28(17-23-9-6-5-7-10-23)33(19-24-13-15-26(31)16-14-24)29(36)20-34(40(4,38)39)27-12-8-11-25(18-27)22(3)35/h5-16,18,21,28H,17,19-20H2,1-4H3,(H,32,37)/t28-/m1/s1. The van der Waals surface area contributed by atoms with Crippen LogP contribution in [0, 0.1) is 5.82 Å². The Kier molecular flexibility index (Phi) is 10.2. The highest BCUT2D eigenvalue weighted by atomic mass is 32.2. The Morgan fingerprint density at radius 3 is 2.12 bits per heavy atom. The lowest BCUT2D eigenvalue weighted by atomic mass is 10.0. The van der Waals surface area contributed by atoms with E-state index in [9.17, 15) is 27.2 Å². The number of hydrogen-bond donors (Lipinski definition) is 1. The van der Waals surface area contributed by atoms with Gasteiger partial charge in [-0.05, 0) is 56.2 Å². The third-order valence-corrected chi connectivity index (χ3v) is 7.33. The zero-order chi connectivity index (χ0) is 29.4. The maximum absolute atomic E-state index is 14.0. The third kappa shape index (κ3) is 8.47. The minimum Gasteiger partial charge on any atom is -0.352 e. The van der Waals surface area contributed by atoms with Gasteiger partial charge in [-0.1, -0.05) is 54.6 Å². The quantitative estimate of drug-likeness (QED) is 0.334. The Morgan fingerprint density at radius 2 is 1.55 bits per heavy atom. The number of benzene rings is 3. The van der Waals surface area contributed by atoms with Crippen LogP contribution in [-0.2, 0) is 32.6 Å². The minimum absolute atomic E-state index is 0.0623. The van der Waals surface area contributed by atoms with Crippen LogP contribution in [0.2, 0.25) is 0 Å². The van der Waals surface area contributed by atoms with Crippen molar-refractivity contribution < 1.29 is 27.2 Å². The molecular weight excluding hydrogens is 533 g/mol. The van der Waals surface area contributed by atoms with Crippen molar-refractivity contribution in [1.29, 1.82) is 0 Å². The molecule has 8 nitrogen and oxygen atoms in total. The van der Waals surface area contributed by atoms with E-state index in [4.69, 9.17) is 0 Å². The van der Waals surface area contributed by atoms with Crippen LogP contribution in [0.4, 0.5) is 10.1 Å². The van der Waals surface area contributed by atoms with Crippen molar-refractivity contribution >= 4 is 33.3 Å². The zero-order valence-corrected chi connectivity index (χ0v) is 23.8. The second-order valence-electron chi connectivity index (χ2n) is 9.89. The predicted molar refractivity (Wildman–Crippen MR) is 153 cm³/mol. The van der Waals surface area contributed by atoms with Crippen LogP contribution >= 0.6 is 0 Å². The number of carbonyl (C=O) groups excluding carboxylic acids is 3. The van der Waals surface area contributed by atoms with E-state index in [2.05, 4.69) is 5.32 Å². The molecule has 0 bridgehead atoms. The fourth-order valence-electron chi connectivity index (χ4n) is 4.21. The van der Waals surface area contributed by atoms with Gasteiger partial charge in [0.05, 0.1) is 11.9 Å². The lowest BCUT2D eigenvalue weighted by Crippen LogP contribution is -2.54. The number of sulfonamides is 1. The highest BCUT2D eigenvalue weighted by Gasteiger charge is 2.33. The Labute approximate surface area is 234 Å². The lowest BCUT2D eigenvalue weighted by molar-refractivity contribution is -0.140. The van der Waals surface area contributed by atoms with E-state index in [1.54, 1.807) is 26.0 Å². The first kappa shape index (κ1) is 30.5. The van der Waals surface area contributed by atoms with Gasteiger partial charge in [0.2, 0.25) is 21.8 Å². The van der Waals surface area contributed by atoms with Crippen LogP contribution in [0.25, 0.3) is 0 Å². The van der Waals surface area contributed by atoms with Gasteiger partial charge < -0.3 is 10.2 Å². The molecule has 0 saturated heterocycles. The molecule has 0 aliphatic carbocycles. The summed E-state index contributed by atoms with van der Waals surface area (Å²) in [6.45, 7) is 4.30. The fourth-order valence-corrected chi connectivity index (χ4v) is 5.06. The molecular formula is C30H34FN3O5S. The van der Waals surface area contributed by atoms with Gasteiger partial charge in [-0.15, -0.1) is 0 Å². The number of Topliss-reactive ketones (excluding diaryl/α,β-unsaturated/α-hetero) is 1. The maximum atomic E-state index is 14.0. The highest BCUT2D eigenvalue weighted by molar-refractivity contribution is 7.92. The number of carbonyl (C=O) groups is 3. The van der Waals surface area contributed by atoms with E-state index < -0.39 is 40.2 Å². The molecule has 40 heavy (non-hydrogen) atoms. The molecule has 10 heteroatoms. The first-order chi connectivity index (χ1) is 18.8. The number of rotatable bonds is 12. The summed E-state index contributed by atoms with van der Waals surface area (Å²) in [6, 6.07) is 19.5. The van der Waals surface area contributed by atoms with Gasteiger partial charge in [0, 0.05) is 24.6 Å². The van der Waals surface area contributed by atoms with Crippen LogP contribution in [0.1, 0.15) is 42.3 Å². The Morgan fingerprint density at radius 1 is 0.900 bits per heavy atom.